The van der Waals surface area contributed by atoms with Gasteiger partial charge >= 0.3 is 0 Å². The van der Waals surface area contributed by atoms with Gasteiger partial charge in [0.25, 0.3) is 0 Å². The van der Waals surface area contributed by atoms with Crippen LogP contribution in [0.4, 0.5) is 5.69 Å². The van der Waals surface area contributed by atoms with Crippen LogP contribution < -0.4 is 10.9 Å². The summed E-state index contributed by atoms with van der Waals surface area (Å²) in [4.78, 5) is 11.6. The summed E-state index contributed by atoms with van der Waals surface area (Å²) in [6, 6.07) is 19.4. The molecule has 0 radical (unpaired) electrons. The van der Waals surface area contributed by atoms with E-state index in [1.165, 1.54) is 0 Å². The minimum atomic E-state index is -0.0731. The molecule has 2 N–H and O–H groups in total. The minimum absolute atomic E-state index is 0.0731. The minimum Gasteiger partial charge on any atom is -0.299 e. The van der Waals surface area contributed by atoms with E-state index in [1.807, 2.05) is 72.8 Å². The first-order valence-corrected chi connectivity index (χ1v) is 6.16. The van der Waals surface area contributed by atoms with E-state index in [0.717, 1.165) is 11.3 Å². The molecule has 19 heavy (non-hydrogen) atoms. The number of benzene rings is 2. The van der Waals surface area contributed by atoms with E-state index in [0.29, 0.717) is 6.42 Å². The van der Waals surface area contributed by atoms with Crippen LogP contribution in [0.15, 0.2) is 66.7 Å². The van der Waals surface area contributed by atoms with Crippen LogP contribution in [0.25, 0.3) is 6.08 Å². The Morgan fingerprint density at radius 1 is 0.947 bits per heavy atom. The van der Waals surface area contributed by atoms with Gasteiger partial charge in [-0.2, -0.15) is 0 Å². The Hall–Kier alpha value is -2.55. The van der Waals surface area contributed by atoms with Gasteiger partial charge in [-0.15, -0.1) is 0 Å². The number of nitrogens with one attached hydrogen (secondary N) is 2. The molecule has 96 valence electrons. The van der Waals surface area contributed by atoms with Gasteiger partial charge in [-0.05, 0) is 17.7 Å². The number of hydrogen-bond acceptors (Lipinski definition) is 2. The van der Waals surface area contributed by atoms with Gasteiger partial charge in [0.15, 0.2) is 0 Å². The molecule has 2 aromatic carbocycles. The normalized spacial score (nSPS) is 10.3. The first kappa shape index (κ1) is 12.9. The zero-order valence-corrected chi connectivity index (χ0v) is 10.5. The molecule has 0 aliphatic heterocycles. The van der Waals surface area contributed by atoms with Gasteiger partial charge in [-0.25, -0.2) is 0 Å². The van der Waals surface area contributed by atoms with E-state index in [1.54, 1.807) is 0 Å². The number of rotatable bonds is 5. The molecule has 0 fully saturated rings. The zero-order valence-electron chi connectivity index (χ0n) is 10.5. The van der Waals surface area contributed by atoms with Gasteiger partial charge in [0.05, 0.1) is 5.69 Å². The van der Waals surface area contributed by atoms with Crippen LogP contribution in [0, 0.1) is 0 Å². The molecule has 1 amide bonds. The van der Waals surface area contributed by atoms with Gasteiger partial charge in [-0.3, -0.25) is 15.6 Å². The summed E-state index contributed by atoms with van der Waals surface area (Å²) in [6.45, 7) is 0. The summed E-state index contributed by atoms with van der Waals surface area (Å²) in [6.07, 6.45) is 4.12. The Bertz CT molecular complexity index is 535. The number of para-hydroxylation sites is 1. The van der Waals surface area contributed by atoms with E-state index in [2.05, 4.69) is 10.9 Å². The average Bonchev–Trinajstić information content (AvgIpc) is 2.47. The van der Waals surface area contributed by atoms with Crippen LogP contribution in [0.1, 0.15) is 12.0 Å². The van der Waals surface area contributed by atoms with Crippen molar-refractivity contribution in [3.63, 3.8) is 0 Å². The molecule has 0 aliphatic rings. The van der Waals surface area contributed by atoms with Crippen molar-refractivity contribution in [2.45, 2.75) is 6.42 Å². The second-order valence-corrected chi connectivity index (χ2v) is 4.06. The third-order valence-electron chi connectivity index (χ3n) is 2.53. The van der Waals surface area contributed by atoms with E-state index in [4.69, 9.17) is 0 Å². The summed E-state index contributed by atoms with van der Waals surface area (Å²) in [5.41, 5.74) is 7.46. The van der Waals surface area contributed by atoms with E-state index < -0.39 is 0 Å². The lowest BCUT2D eigenvalue weighted by atomic mass is 10.2. The maximum atomic E-state index is 11.6. The lowest BCUT2D eigenvalue weighted by molar-refractivity contribution is -0.119. The molecule has 0 spiro atoms. The highest BCUT2D eigenvalue weighted by Crippen LogP contribution is 2.03. The van der Waals surface area contributed by atoms with Crippen molar-refractivity contribution in [3.05, 3.63) is 72.3 Å². The van der Waals surface area contributed by atoms with Gasteiger partial charge < -0.3 is 0 Å². The molecular formula is C16H16N2O. The van der Waals surface area contributed by atoms with Crippen molar-refractivity contribution >= 4 is 17.7 Å². The molecule has 0 aromatic heterocycles. The van der Waals surface area contributed by atoms with Gasteiger partial charge in [0.1, 0.15) is 0 Å². The summed E-state index contributed by atoms with van der Waals surface area (Å²) < 4.78 is 0. The number of anilines is 1. The highest BCUT2D eigenvalue weighted by molar-refractivity contribution is 5.79. The molecular weight excluding hydrogens is 236 g/mol. The van der Waals surface area contributed by atoms with Crippen molar-refractivity contribution in [3.8, 4) is 0 Å². The third-order valence-corrected chi connectivity index (χ3v) is 2.53. The van der Waals surface area contributed by atoms with Crippen LogP contribution >= 0.6 is 0 Å². The second kappa shape index (κ2) is 7.01. The SMILES string of the molecule is O=C(C/C=C/c1ccccc1)NNc1ccccc1. The van der Waals surface area contributed by atoms with Crippen LogP contribution in [0.3, 0.4) is 0 Å². The first-order chi connectivity index (χ1) is 9.34. The summed E-state index contributed by atoms with van der Waals surface area (Å²) in [5.74, 6) is -0.0731. The Morgan fingerprint density at radius 3 is 2.26 bits per heavy atom. The average molecular weight is 252 g/mol. The van der Waals surface area contributed by atoms with Crippen molar-refractivity contribution < 1.29 is 4.79 Å². The highest BCUT2D eigenvalue weighted by Gasteiger charge is 1.96. The van der Waals surface area contributed by atoms with Crippen LogP contribution in [-0.4, -0.2) is 5.91 Å². The lowest BCUT2D eigenvalue weighted by Crippen LogP contribution is -2.28. The van der Waals surface area contributed by atoms with Crippen LogP contribution in [-0.2, 0) is 4.79 Å². The molecule has 0 saturated heterocycles. The number of carbonyl (C=O) groups is 1. The molecule has 0 aliphatic carbocycles. The zero-order chi connectivity index (χ0) is 13.3. The van der Waals surface area contributed by atoms with Gasteiger partial charge in [0.2, 0.25) is 5.91 Å². The summed E-state index contributed by atoms with van der Waals surface area (Å²) >= 11 is 0. The Labute approximate surface area is 112 Å². The Morgan fingerprint density at radius 2 is 1.58 bits per heavy atom. The Balaban J connectivity index is 1.75. The fourth-order valence-electron chi connectivity index (χ4n) is 1.58. The fourth-order valence-corrected chi connectivity index (χ4v) is 1.58. The summed E-state index contributed by atoms with van der Waals surface area (Å²) in [7, 11) is 0. The molecule has 0 atom stereocenters. The molecule has 0 unspecified atom stereocenters. The van der Waals surface area contributed by atoms with Gasteiger partial charge in [0, 0.05) is 6.42 Å². The highest BCUT2D eigenvalue weighted by atomic mass is 16.2. The molecule has 0 heterocycles. The number of carbonyl (C=O) groups excluding carboxylic acids is 1. The molecule has 3 heteroatoms. The summed E-state index contributed by atoms with van der Waals surface area (Å²) in [5, 5.41) is 0. The third kappa shape index (κ3) is 4.68. The van der Waals surface area contributed by atoms with Crippen molar-refractivity contribution in [1.29, 1.82) is 0 Å². The van der Waals surface area contributed by atoms with Crippen LogP contribution in [0.5, 0.6) is 0 Å². The van der Waals surface area contributed by atoms with E-state index >= 15 is 0 Å². The van der Waals surface area contributed by atoms with E-state index in [9.17, 15) is 4.79 Å². The molecule has 3 nitrogen and oxygen atoms in total. The predicted octanol–water partition coefficient (Wildman–Crippen LogP) is 3.23. The molecule has 0 bridgehead atoms. The number of amides is 1. The number of hydrogen-bond donors (Lipinski definition) is 2. The van der Waals surface area contributed by atoms with Crippen LogP contribution in [0.2, 0.25) is 0 Å². The maximum Gasteiger partial charge on any atom is 0.242 e. The second-order valence-electron chi connectivity index (χ2n) is 4.06. The predicted molar refractivity (Wildman–Crippen MR) is 78.3 cm³/mol. The molecule has 0 saturated carbocycles. The Kier molecular flexibility index (Phi) is 4.76. The fraction of sp³-hybridized carbons (Fsp3) is 0.0625. The molecule has 2 aromatic rings. The lowest BCUT2D eigenvalue weighted by Gasteiger charge is -2.06. The quantitative estimate of drug-likeness (QED) is 0.802. The monoisotopic (exact) mass is 252 g/mol. The first-order valence-electron chi connectivity index (χ1n) is 6.16. The smallest absolute Gasteiger partial charge is 0.242 e. The van der Waals surface area contributed by atoms with Crippen molar-refractivity contribution in [2.24, 2.45) is 0 Å². The van der Waals surface area contributed by atoms with E-state index in [-0.39, 0.29) is 5.91 Å². The maximum absolute atomic E-state index is 11.6. The standard InChI is InChI=1S/C16H16N2O/c19-16(18-17-15-11-5-2-6-12-15)13-7-10-14-8-3-1-4-9-14/h1-12,17H,13H2,(H,18,19)/b10-7+. The van der Waals surface area contributed by atoms with Gasteiger partial charge in [-0.1, -0.05) is 60.7 Å². The molecule has 2 rings (SSSR count). The number of hydrazine groups is 1. The largest absolute Gasteiger partial charge is 0.299 e. The van der Waals surface area contributed by atoms with Crippen molar-refractivity contribution in [1.82, 2.24) is 5.43 Å². The van der Waals surface area contributed by atoms with Crippen molar-refractivity contribution in [2.75, 3.05) is 5.43 Å². The topological polar surface area (TPSA) is 41.1 Å².